The minimum atomic E-state index is -3.80. The first-order valence-corrected chi connectivity index (χ1v) is 11.5. The van der Waals surface area contributed by atoms with Gasteiger partial charge in [-0.15, -0.1) is 0 Å². The maximum atomic E-state index is 13.3. The molecule has 0 heterocycles. The Bertz CT molecular complexity index is 1130. The lowest BCUT2D eigenvalue weighted by Gasteiger charge is -2.34. The minimum absolute atomic E-state index is 0.126. The Kier molecular flexibility index (Phi) is 5.52. The minimum Gasteiger partial charge on any atom is -0.299 e. The third kappa shape index (κ3) is 4.11. The van der Waals surface area contributed by atoms with Crippen LogP contribution in [0.5, 0.6) is 0 Å². The van der Waals surface area contributed by atoms with Gasteiger partial charge in [0.1, 0.15) is 5.78 Å². The van der Waals surface area contributed by atoms with Crippen LogP contribution in [0.3, 0.4) is 0 Å². The van der Waals surface area contributed by atoms with Crippen LogP contribution in [0.1, 0.15) is 37.8 Å². The normalized spacial score (nSPS) is 21.2. The fourth-order valence-corrected chi connectivity index (χ4v) is 5.64. The van der Waals surface area contributed by atoms with Crippen LogP contribution >= 0.6 is 0 Å². The number of Topliss-reactive ketones (excluding diaryl/α,β-unsaturated/α-hetero) is 1. The maximum Gasteiger partial charge on any atom is 0.241 e. The van der Waals surface area contributed by atoms with Crippen molar-refractivity contribution in [3.8, 4) is 0 Å². The molecule has 3 aromatic carbocycles. The van der Waals surface area contributed by atoms with Crippen molar-refractivity contribution in [2.75, 3.05) is 0 Å². The number of nitrogens with one attached hydrogen (secondary N) is 1. The van der Waals surface area contributed by atoms with Gasteiger partial charge in [-0.1, -0.05) is 67.6 Å². The van der Waals surface area contributed by atoms with Crippen molar-refractivity contribution in [2.24, 2.45) is 11.8 Å². The summed E-state index contributed by atoms with van der Waals surface area (Å²) < 4.78 is 29.5. The summed E-state index contributed by atoms with van der Waals surface area (Å²) in [4.78, 5) is 13.0. The molecule has 4 rings (SSSR count). The van der Waals surface area contributed by atoms with E-state index in [4.69, 9.17) is 0 Å². The highest BCUT2D eigenvalue weighted by Crippen LogP contribution is 2.37. The summed E-state index contributed by atoms with van der Waals surface area (Å²) in [6, 6.07) is 21.7. The first-order valence-electron chi connectivity index (χ1n) is 10.0. The number of rotatable bonds is 5. The number of fused-ring (bicyclic) bond motifs is 1. The van der Waals surface area contributed by atoms with Gasteiger partial charge in [-0.3, -0.25) is 4.79 Å². The van der Waals surface area contributed by atoms with Crippen LogP contribution in [-0.4, -0.2) is 14.2 Å². The first kappa shape index (κ1) is 19.8. The van der Waals surface area contributed by atoms with E-state index in [1.54, 1.807) is 12.1 Å². The van der Waals surface area contributed by atoms with Crippen molar-refractivity contribution >= 4 is 26.6 Å². The van der Waals surface area contributed by atoms with Crippen LogP contribution in [0.4, 0.5) is 0 Å². The van der Waals surface area contributed by atoms with E-state index in [0.29, 0.717) is 6.42 Å². The predicted octanol–water partition coefficient (Wildman–Crippen LogP) is 4.86. The van der Waals surface area contributed by atoms with Crippen LogP contribution in [0.15, 0.2) is 77.7 Å². The molecule has 1 fully saturated rings. The molecule has 0 bridgehead atoms. The second-order valence-corrected chi connectivity index (χ2v) is 9.59. The summed E-state index contributed by atoms with van der Waals surface area (Å²) in [6.07, 6.45) is 2.31. The second kappa shape index (κ2) is 8.09. The van der Waals surface area contributed by atoms with Gasteiger partial charge in [0.05, 0.1) is 10.9 Å². The van der Waals surface area contributed by atoms with E-state index in [1.807, 2.05) is 67.6 Å². The SMILES string of the molecule is C[C@@H]1CCCC(=O)[C@H]1[C@@H](NS(=O)(=O)c1ccc2ccccc2c1)c1ccccc1. The molecule has 3 aromatic rings. The lowest BCUT2D eigenvalue weighted by atomic mass is 9.74. The monoisotopic (exact) mass is 407 g/mol. The smallest absolute Gasteiger partial charge is 0.241 e. The van der Waals surface area contributed by atoms with Crippen LogP contribution < -0.4 is 4.72 Å². The van der Waals surface area contributed by atoms with Crippen molar-refractivity contribution in [2.45, 2.75) is 37.1 Å². The Balaban J connectivity index is 1.73. The highest BCUT2D eigenvalue weighted by atomic mass is 32.2. The molecule has 1 saturated carbocycles. The zero-order chi connectivity index (χ0) is 20.4. The highest BCUT2D eigenvalue weighted by molar-refractivity contribution is 7.89. The third-order valence-corrected chi connectivity index (χ3v) is 7.34. The molecule has 150 valence electrons. The fraction of sp³-hybridized carbons (Fsp3) is 0.292. The van der Waals surface area contributed by atoms with Crippen molar-refractivity contribution in [1.82, 2.24) is 4.72 Å². The van der Waals surface area contributed by atoms with Gasteiger partial charge in [-0.2, -0.15) is 0 Å². The number of hydrogen-bond donors (Lipinski definition) is 1. The summed E-state index contributed by atoms with van der Waals surface area (Å²) in [7, 11) is -3.80. The van der Waals surface area contributed by atoms with Crippen LogP contribution in [0.2, 0.25) is 0 Å². The van der Waals surface area contributed by atoms with E-state index in [9.17, 15) is 13.2 Å². The molecule has 3 atom stereocenters. The summed E-state index contributed by atoms with van der Waals surface area (Å²) in [6.45, 7) is 2.04. The zero-order valence-electron chi connectivity index (χ0n) is 16.4. The number of carbonyl (C=O) groups is 1. The fourth-order valence-electron chi connectivity index (χ4n) is 4.36. The third-order valence-electron chi connectivity index (χ3n) is 5.90. The molecule has 5 heteroatoms. The Labute approximate surface area is 172 Å². The second-order valence-electron chi connectivity index (χ2n) is 7.88. The average Bonchev–Trinajstić information content (AvgIpc) is 2.73. The summed E-state index contributed by atoms with van der Waals surface area (Å²) in [5.41, 5.74) is 0.823. The molecule has 1 N–H and O–H groups in total. The molecule has 0 aromatic heterocycles. The molecule has 0 aliphatic heterocycles. The van der Waals surface area contributed by atoms with Crippen molar-refractivity contribution in [1.29, 1.82) is 0 Å². The van der Waals surface area contributed by atoms with Gasteiger partial charge in [-0.05, 0) is 47.2 Å². The van der Waals surface area contributed by atoms with E-state index >= 15 is 0 Å². The van der Waals surface area contributed by atoms with Gasteiger partial charge in [0.15, 0.2) is 0 Å². The van der Waals surface area contributed by atoms with Crippen molar-refractivity contribution < 1.29 is 13.2 Å². The summed E-state index contributed by atoms with van der Waals surface area (Å²) in [5.74, 6) is -0.0963. The molecule has 0 amide bonds. The predicted molar refractivity (Wildman–Crippen MR) is 115 cm³/mol. The van der Waals surface area contributed by atoms with Gasteiger partial charge >= 0.3 is 0 Å². The van der Waals surface area contributed by atoms with Gasteiger partial charge in [0.25, 0.3) is 0 Å². The number of hydrogen-bond acceptors (Lipinski definition) is 3. The topological polar surface area (TPSA) is 63.2 Å². The van der Waals surface area contributed by atoms with E-state index in [2.05, 4.69) is 4.72 Å². The Morgan fingerprint density at radius 2 is 1.62 bits per heavy atom. The largest absolute Gasteiger partial charge is 0.299 e. The molecule has 0 spiro atoms. The Hall–Kier alpha value is -2.50. The maximum absolute atomic E-state index is 13.3. The molecule has 29 heavy (non-hydrogen) atoms. The summed E-state index contributed by atoms with van der Waals surface area (Å²) >= 11 is 0. The van der Waals surface area contributed by atoms with Gasteiger partial charge in [-0.25, -0.2) is 13.1 Å². The van der Waals surface area contributed by atoms with Crippen LogP contribution in [0.25, 0.3) is 10.8 Å². The standard InChI is InChI=1S/C24H25NO3S/c1-17-8-7-13-22(26)23(17)24(19-10-3-2-4-11-19)25-29(27,28)21-15-14-18-9-5-6-12-20(18)16-21/h2-6,9-12,14-17,23-25H,7-8,13H2,1H3/t17-,23+,24+/m1/s1. The number of sulfonamides is 1. The Morgan fingerprint density at radius 1 is 0.931 bits per heavy atom. The van der Waals surface area contributed by atoms with E-state index in [-0.39, 0.29) is 22.5 Å². The van der Waals surface area contributed by atoms with Crippen LogP contribution in [-0.2, 0) is 14.8 Å². The van der Waals surface area contributed by atoms with E-state index in [1.165, 1.54) is 0 Å². The average molecular weight is 408 g/mol. The zero-order valence-corrected chi connectivity index (χ0v) is 17.2. The molecule has 0 saturated heterocycles. The molecule has 0 radical (unpaired) electrons. The molecular weight excluding hydrogens is 382 g/mol. The quantitative estimate of drug-likeness (QED) is 0.657. The van der Waals surface area contributed by atoms with Crippen LogP contribution in [0, 0.1) is 11.8 Å². The molecular formula is C24H25NO3S. The molecule has 1 aliphatic carbocycles. The van der Waals surface area contributed by atoms with Gasteiger partial charge < -0.3 is 0 Å². The molecule has 0 unspecified atom stereocenters. The van der Waals surface area contributed by atoms with Gasteiger partial charge in [0.2, 0.25) is 10.0 Å². The number of ketones is 1. The summed E-state index contributed by atoms with van der Waals surface area (Å²) in [5, 5.41) is 1.86. The van der Waals surface area contributed by atoms with Crippen molar-refractivity contribution in [3.63, 3.8) is 0 Å². The lowest BCUT2D eigenvalue weighted by Crippen LogP contribution is -2.41. The molecule has 4 nitrogen and oxygen atoms in total. The van der Waals surface area contributed by atoms with Crippen molar-refractivity contribution in [3.05, 3.63) is 78.4 Å². The lowest BCUT2D eigenvalue weighted by molar-refractivity contribution is -0.127. The highest BCUT2D eigenvalue weighted by Gasteiger charge is 2.38. The number of benzene rings is 3. The number of carbonyl (C=O) groups excluding carboxylic acids is 1. The van der Waals surface area contributed by atoms with E-state index < -0.39 is 16.1 Å². The first-order chi connectivity index (χ1) is 14.0. The molecule has 1 aliphatic rings. The Morgan fingerprint density at radius 3 is 2.34 bits per heavy atom. The van der Waals surface area contributed by atoms with E-state index in [0.717, 1.165) is 29.2 Å². The van der Waals surface area contributed by atoms with Gasteiger partial charge in [0, 0.05) is 12.3 Å².